The van der Waals surface area contributed by atoms with Gasteiger partial charge in [-0.2, -0.15) is 0 Å². The predicted molar refractivity (Wildman–Crippen MR) is 191 cm³/mol. The van der Waals surface area contributed by atoms with Crippen LogP contribution in [-0.2, 0) is 39.9 Å². The van der Waals surface area contributed by atoms with Crippen LogP contribution in [0.1, 0.15) is 45.2 Å². The maximum absolute atomic E-state index is 14.5. The normalized spacial score (nSPS) is 31.1. The largest absolute Gasteiger partial charge is 0.507 e. The second-order valence-electron chi connectivity index (χ2n) is 15.8. The van der Waals surface area contributed by atoms with E-state index in [-0.39, 0.29) is 36.2 Å². The molecule has 10 N–H and O–H groups in total. The Morgan fingerprint density at radius 3 is 2.20 bits per heavy atom. The summed E-state index contributed by atoms with van der Waals surface area (Å²) in [7, 11) is 6.40. The number of anilines is 2. The summed E-state index contributed by atoms with van der Waals surface area (Å²) >= 11 is 0. The summed E-state index contributed by atoms with van der Waals surface area (Å²) in [6.45, 7) is 6.56. The number of ether oxygens (including phenoxy) is 2. The Balaban J connectivity index is 1.63. The standard InChI is InChI=1S/C36H49N5O13/c1-13(42)29-27(47)26(46)28(48)34(53-29)54-30-22(33(37)51)32(50)36(52)16(23(30)41(7)8)10-14-9-15-18(40(5)6)11-17(39-19(43)12-38-35(2,3)4)24(44)21(15)25(45)20(14)31(36)49/h11,14,16,23,26-29,34,38,44-48,52H,9-10,12H2,1-8H3,(H2,37,51)(H,39,43)/t14-,16-,23-,26-,27-,28+,29+,34-,36-/m0/s1. The molecule has 1 aromatic rings. The number of aliphatic hydroxyl groups excluding tert-OH is 4. The fourth-order valence-electron chi connectivity index (χ4n) is 7.84. The summed E-state index contributed by atoms with van der Waals surface area (Å²) in [5.74, 6) is -9.43. The van der Waals surface area contributed by atoms with Gasteiger partial charge >= 0.3 is 0 Å². The first-order chi connectivity index (χ1) is 24.9. The average Bonchev–Trinajstić information content (AvgIpc) is 3.05. The van der Waals surface area contributed by atoms with Gasteiger partial charge in [0.25, 0.3) is 5.91 Å². The van der Waals surface area contributed by atoms with Crippen molar-refractivity contribution < 1.29 is 64.1 Å². The molecule has 1 saturated heterocycles. The Morgan fingerprint density at radius 2 is 1.67 bits per heavy atom. The Hall–Kier alpha value is -4.43. The number of nitrogens with one attached hydrogen (secondary N) is 2. The van der Waals surface area contributed by atoms with Gasteiger partial charge in [-0.1, -0.05) is 0 Å². The van der Waals surface area contributed by atoms with Gasteiger partial charge in [-0.15, -0.1) is 0 Å². The van der Waals surface area contributed by atoms with E-state index in [0.29, 0.717) is 11.3 Å². The number of aromatic hydroxyl groups is 1. The van der Waals surface area contributed by atoms with Crippen LogP contribution in [0.3, 0.4) is 0 Å². The molecule has 54 heavy (non-hydrogen) atoms. The van der Waals surface area contributed by atoms with Crippen molar-refractivity contribution in [3.63, 3.8) is 0 Å². The number of aliphatic hydroxyl groups is 5. The summed E-state index contributed by atoms with van der Waals surface area (Å²) in [5.41, 5.74) is 1.54. The van der Waals surface area contributed by atoms with Crippen molar-refractivity contribution in [3.8, 4) is 5.75 Å². The van der Waals surface area contributed by atoms with Crippen molar-refractivity contribution in [2.75, 3.05) is 45.0 Å². The van der Waals surface area contributed by atoms with Crippen LogP contribution in [0.25, 0.3) is 5.76 Å². The van der Waals surface area contributed by atoms with E-state index >= 15 is 0 Å². The minimum Gasteiger partial charge on any atom is -0.507 e. The van der Waals surface area contributed by atoms with Gasteiger partial charge in [-0.25, -0.2) is 0 Å². The highest BCUT2D eigenvalue weighted by Gasteiger charge is 2.66. The number of likely N-dealkylation sites (N-methyl/N-ethyl adjacent to an activating group) is 1. The molecule has 0 aromatic heterocycles. The quantitative estimate of drug-likeness (QED) is 0.0764. The molecule has 0 bridgehead atoms. The summed E-state index contributed by atoms with van der Waals surface area (Å²) in [6.07, 6.45) is -9.53. The number of ketones is 3. The molecule has 18 heteroatoms. The molecular weight excluding hydrogens is 710 g/mol. The lowest BCUT2D eigenvalue weighted by Crippen LogP contribution is -2.68. The van der Waals surface area contributed by atoms with E-state index in [0.717, 1.165) is 6.92 Å². The van der Waals surface area contributed by atoms with E-state index in [2.05, 4.69) is 10.6 Å². The molecule has 9 atom stereocenters. The molecule has 296 valence electrons. The molecule has 2 fully saturated rings. The van der Waals surface area contributed by atoms with Crippen molar-refractivity contribution in [1.29, 1.82) is 0 Å². The second-order valence-corrected chi connectivity index (χ2v) is 15.8. The van der Waals surface area contributed by atoms with Gasteiger partial charge in [0.1, 0.15) is 47.3 Å². The zero-order valence-electron chi connectivity index (χ0n) is 31.3. The van der Waals surface area contributed by atoms with Gasteiger partial charge < -0.3 is 61.4 Å². The number of hydrogen-bond acceptors (Lipinski definition) is 16. The van der Waals surface area contributed by atoms with Gasteiger partial charge in [0, 0.05) is 36.8 Å². The summed E-state index contributed by atoms with van der Waals surface area (Å²) in [4.78, 5) is 70.0. The lowest BCUT2D eigenvalue weighted by molar-refractivity contribution is -0.283. The first-order valence-corrected chi connectivity index (χ1v) is 17.4. The molecule has 0 spiro atoms. The van der Waals surface area contributed by atoms with Crippen LogP contribution < -0.4 is 21.3 Å². The number of nitrogens with zero attached hydrogens (tertiary/aromatic N) is 2. The highest BCUT2D eigenvalue weighted by Crippen LogP contribution is 2.54. The fraction of sp³-hybridized carbons (Fsp3) is 0.583. The minimum atomic E-state index is -3.00. The van der Waals surface area contributed by atoms with Gasteiger partial charge in [0.05, 0.1) is 23.8 Å². The molecule has 1 saturated carbocycles. The molecule has 18 nitrogen and oxygen atoms in total. The SMILES string of the molecule is CC(=O)[C@H]1O[C@@H](OC2=C(C(N)=O)C(=O)[C@@]3(O)C(=O)C4=C(O)c5c(O)c(NC(=O)CNC(C)(C)C)cc(N(C)C)c5C[C@H]4C[C@H]3[C@@H]2N(C)C)[C@H](O)[C@@H](O)[C@@H]1O. The monoisotopic (exact) mass is 759 g/mol. The molecule has 1 aliphatic heterocycles. The van der Waals surface area contributed by atoms with Gasteiger partial charge in [-0.3, -0.25) is 28.9 Å². The number of phenolic OH excluding ortho intramolecular Hbond substituents is 1. The fourth-order valence-corrected chi connectivity index (χ4v) is 7.84. The van der Waals surface area contributed by atoms with E-state index in [1.807, 2.05) is 20.8 Å². The third-order valence-electron chi connectivity index (χ3n) is 10.4. The number of Topliss-reactive ketones (excluding diaryl/α,β-unsaturated/α-hetero) is 3. The lowest BCUT2D eigenvalue weighted by atomic mass is 9.57. The number of primary amides is 1. The Morgan fingerprint density at radius 1 is 1.04 bits per heavy atom. The smallest absolute Gasteiger partial charge is 0.255 e. The third-order valence-corrected chi connectivity index (χ3v) is 10.4. The van der Waals surface area contributed by atoms with Gasteiger partial charge in [0.15, 0.2) is 11.4 Å². The maximum Gasteiger partial charge on any atom is 0.255 e. The Bertz CT molecular complexity index is 1850. The van der Waals surface area contributed by atoms with Crippen LogP contribution in [0.15, 0.2) is 23.0 Å². The van der Waals surface area contributed by atoms with Gasteiger partial charge in [-0.05, 0) is 72.2 Å². The van der Waals surface area contributed by atoms with E-state index in [4.69, 9.17) is 15.2 Å². The number of rotatable bonds is 9. The predicted octanol–water partition coefficient (Wildman–Crippen LogP) is -1.79. The van der Waals surface area contributed by atoms with Crippen molar-refractivity contribution >= 4 is 46.3 Å². The first kappa shape index (κ1) is 40.7. The van der Waals surface area contributed by atoms with Crippen LogP contribution in [0, 0.1) is 11.8 Å². The summed E-state index contributed by atoms with van der Waals surface area (Å²) < 4.78 is 11.4. The van der Waals surface area contributed by atoms with Crippen molar-refractivity contribution in [1.82, 2.24) is 10.2 Å². The van der Waals surface area contributed by atoms with Crippen LogP contribution in [0.5, 0.6) is 5.75 Å². The number of hydrogen-bond donors (Lipinski definition) is 9. The van der Waals surface area contributed by atoms with E-state index < -0.39 is 112 Å². The number of carbonyl (C=O) groups excluding carboxylic acids is 5. The molecular formula is C36H49N5O13. The lowest BCUT2D eigenvalue weighted by Gasteiger charge is -2.51. The van der Waals surface area contributed by atoms with Gasteiger partial charge in [0.2, 0.25) is 23.8 Å². The molecule has 1 heterocycles. The summed E-state index contributed by atoms with van der Waals surface area (Å²) in [5, 5.41) is 72.8. The topological polar surface area (TPSA) is 282 Å². The zero-order valence-corrected chi connectivity index (χ0v) is 31.3. The zero-order chi connectivity index (χ0) is 40.5. The second kappa shape index (κ2) is 14.3. The summed E-state index contributed by atoms with van der Waals surface area (Å²) in [6, 6.07) is 0.221. The van der Waals surface area contributed by atoms with E-state index in [1.54, 1.807) is 19.0 Å². The number of benzene rings is 1. The molecule has 1 aromatic carbocycles. The first-order valence-electron chi connectivity index (χ1n) is 17.4. The van der Waals surface area contributed by atoms with Crippen LogP contribution >= 0.6 is 0 Å². The Labute approximate surface area is 311 Å². The van der Waals surface area contributed by atoms with Crippen LogP contribution in [0.2, 0.25) is 0 Å². The molecule has 4 aliphatic rings. The molecule has 3 aliphatic carbocycles. The van der Waals surface area contributed by atoms with Crippen molar-refractivity contribution in [2.24, 2.45) is 17.6 Å². The number of carbonyl (C=O) groups is 5. The molecule has 0 unspecified atom stereocenters. The van der Waals surface area contributed by atoms with Crippen LogP contribution in [-0.4, -0.2) is 147 Å². The number of amides is 2. The third kappa shape index (κ3) is 6.76. The van der Waals surface area contributed by atoms with Crippen LogP contribution in [0.4, 0.5) is 11.4 Å². The maximum atomic E-state index is 14.5. The number of phenols is 1. The Kier molecular flexibility index (Phi) is 10.8. The highest BCUT2D eigenvalue weighted by molar-refractivity contribution is 6.33. The van der Waals surface area contributed by atoms with E-state index in [9.17, 15) is 54.6 Å². The average molecular weight is 760 g/mol. The molecule has 0 radical (unpaired) electrons. The van der Waals surface area contributed by atoms with Crippen molar-refractivity contribution in [3.05, 3.63) is 34.1 Å². The molecule has 2 amide bonds. The number of nitrogens with two attached hydrogens (primary N) is 1. The minimum absolute atomic E-state index is 0.0136. The number of fused-ring (bicyclic) bond motifs is 3. The van der Waals surface area contributed by atoms with E-state index in [1.165, 1.54) is 25.1 Å². The highest BCUT2D eigenvalue weighted by atomic mass is 16.7. The van der Waals surface area contributed by atoms with Crippen molar-refractivity contribution in [2.45, 2.75) is 88.4 Å². The molecule has 5 rings (SSSR count).